The van der Waals surface area contributed by atoms with Crippen molar-refractivity contribution >= 4 is 137 Å². The Balaban J connectivity index is 0.000000272. The third kappa shape index (κ3) is 27.6. The lowest BCUT2D eigenvalue weighted by Gasteiger charge is -2.36. The van der Waals surface area contributed by atoms with E-state index in [2.05, 4.69) is 78.8 Å². The van der Waals surface area contributed by atoms with E-state index in [9.17, 15) is 19.2 Å². The fourth-order valence-corrected chi connectivity index (χ4v) is 23.4. The van der Waals surface area contributed by atoms with Gasteiger partial charge in [-0.1, -0.05) is 207 Å². The fourth-order valence-electron chi connectivity index (χ4n) is 19.5. The molecule has 8 aromatic rings. The zero-order valence-electron chi connectivity index (χ0n) is 84.0. The first kappa shape index (κ1) is 108. The molecule has 4 aliphatic heterocycles. The average Bonchev–Trinajstić information content (AvgIpc) is 0.873. The lowest BCUT2D eigenvalue weighted by atomic mass is 9.80. The summed E-state index contributed by atoms with van der Waals surface area (Å²) in [6, 6.07) is 23.6. The van der Waals surface area contributed by atoms with Crippen molar-refractivity contribution in [3.8, 4) is 20.9 Å². The molecule has 20 nitrogen and oxygen atoms in total. The highest BCUT2D eigenvalue weighted by Crippen LogP contribution is 2.50. The average molecular weight is 1940 g/mol. The van der Waals surface area contributed by atoms with Crippen LogP contribution < -0.4 is 0 Å². The number of thiophene rings is 4. The van der Waals surface area contributed by atoms with Gasteiger partial charge in [0.05, 0.1) is 124 Å². The van der Waals surface area contributed by atoms with E-state index in [0.29, 0.717) is 137 Å². The molecule has 0 aliphatic carbocycles. The van der Waals surface area contributed by atoms with Crippen molar-refractivity contribution in [2.24, 2.45) is 11.8 Å². The van der Waals surface area contributed by atoms with E-state index in [4.69, 9.17) is 37.9 Å². The molecule has 0 radical (unpaired) electrons. The maximum Gasteiger partial charge on any atom is 0.262 e. The molecule has 4 aromatic carbocycles. The number of hydrogen-bond acceptors (Lipinski definition) is 20. The number of nitrogens with zero attached hydrogens (tertiary/aromatic N) is 4. The van der Waals surface area contributed by atoms with Gasteiger partial charge in [0.25, 0.3) is 47.3 Å². The minimum atomic E-state index is -0.525. The molecule has 24 heteroatoms. The summed E-state index contributed by atoms with van der Waals surface area (Å²) in [5, 5.41) is 1.58. The van der Waals surface area contributed by atoms with Gasteiger partial charge in [0.15, 0.2) is 0 Å². The number of imide groups is 4. The zero-order chi connectivity index (χ0) is 97.2. The molecule has 0 N–H and O–H groups in total. The smallest absolute Gasteiger partial charge is 0.262 e. The van der Waals surface area contributed by atoms with Crippen molar-refractivity contribution in [2.75, 3.05) is 120 Å². The topological polar surface area (TPSA) is 223 Å². The molecule has 0 fully saturated rings. The predicted molar refractivity (Wildman–Crippen MR) is 556 cm³/mol. The predicted octanol–water partition coefficient (Wildman–Crippen LogP) is 27.9. The molecular weight excluding hydrogens is 1790 g/mol. The maximum absolute atomic E-state index is 15.7. The Kier molecular flexibility index (Phi) is 44.1. The van der Waals surface area contributed by atoms with Gasteiger partial charge >= 0.3 is 0 Å². The number of rotatable bonds is 64. The number of aryl methyl sites for hydroxylation is 4. The Hall–Kier alpha value is -8.40. The monoisotopic (exact) mass is 1940 g/mol. The molecule has 740 valence electrons. The summed E-state index contributed by atoms with van der Waals surface area (Å²) in [5.41, 5.74) is 7.09. The van der Waals surface area contributed by atoms with Gasteiger partial charge in [-0.2, -0.15) is 0 Å². The minimum absolute atomic E-state index is 0.00277. The fraction of sp³-hybridized carbons (Fsp3) is 0.571. The first-order chi connectivity index (χ1) is 66.1. The van der Waals surface area contributed by atoms with Crippen LogP contribution in [0, 0.1) is 39.5 Å². The normalized spacial score (nSPS) is 14.5. The van der Waals surface area contributed by atoms with Crippen molar-refractivity contribution < 1.29 is 76.3 Å². The van der Waals surface area contributed by atoms with E-state index < -0.39 is 23.6 Å². The lowest BCUT2D eigenvalue weighted by Crippen LogP contribution is -2.46. The van der Waals surface area contributed by atoms with Crippen LogP contribution in [0.1, 0.15) is 384 Å². The number of unbranched alkanes of at least 4 members (excludes halogenated alkanes) is 24. The van der Waals surface area contributed by atoms with Gasteiger partial charge in [-0.05, 0) is 177 Å². The highest BCUT2D eigenvalue weighted by molar-refractivity contribution is 7.17. The maximum atomic E-state index is 15.7. The number of amides is 8. The van der Waals surface area contributed by atoms with E-state index in [1.54, 1.807) is 77.1 Å². The van der Waals surface area contributed by atoms with Gasteiger partial charge < -0.3 is 37.9 Å². The number of carbonyl (C=O) groups is 8. The SMILES string of the molecule is CCCCCCCCCCC(CCCCCCCC)CN1C(=O)c2cc(-c3ccc(/C(C)=C(\OCC)c4ccc(C)s4)s3)c3c4c(cc(C)c(c24)C1=O)C(=O)N(CC(CCCCCCCC)CCCCCCCCCC)C3=O.CCO/C(=C(/C)c1ccc(-c2cc3c4c(c(C)cc5c4c2C(=O)N(CCOCCOCCOC)C5=O)C(=O)N(CCOCCOCCOC)C3=O)s1)c1ccc(C)s1. The second-order valence-corrected chi connectivity index (χ2v) is 41.9. The Morgan fingerprint density at radius 1 is 0.294 bits per heavy atom. The van der Waals surface area contributed by atoms with E-state index in [1.807, 2.05) is 58.0 Å². The third-order valence-electron chi connectivity index (χ3n) is 26.9. The first-order valence-corrected chi connectivity index (χ1v) is 54.4. The second-order valence-electron chi connectivity index (χ2n) is 37.1. The zero-order valence-corrected chi connectivity index (χ0v) is 87.2. The van der Waals surface area contributed by atoms with Crippen molar-refractivity contribution in [1.29, 1.82) is 0 Å². The molecule has 0 bridgehead atoms. The summed E-state index contributed by atoms with van der Waals surface area (Å²) in [4.78, 5) is 132. The lowest BCUT2D eigenvalue weighted by molar-refractivity contribution is 0.0187. The van der Waals surface area contributed by atoms with Crippen LogP contribution in [0.2, 0.25) is 0 Å². The summed E-state index contributed by atoms with van der Waals surface area (Å²) in [7, 11) is 3.19. The number of allylic oxidation sites excluding steroid dienone is 2. The van der Waals surface area contributed by atoms with E-state index in [0.717, 1.165) is 110 Å². The van der Waals surface area contributed by atoms with Gasteiger partial charge in [-0.3, -0.25) is 58.0 Å². The Morgan fingerprint density at radius 2 is 0.574 bits per heavy atom. The number of carbonyl (C=O) groups excluding carboxylic acids is 8. The molecule has 2 atom stereocenters. The molecule has 12 rings (SSSR count). The summed E-state index contributed by atoms with van der Waals surface area (Å²) < 4.78 is 44.9. The molecule has 136 heavy (non-hydrogen) atoms. The minimum Gasteiger partial charge on any atom is -0.492 e. The molecule has 4 aromatic heterocycles. The summed E-state index contributed by atoms with van der Waals surface area (Å²) in [5.74, 6) is -1.29. The van der Waals surface area contributed by atoms with Gasteiger partial charge in [0, 0.05) is 123 Å². The van der Waals surface area contributed by atoms with E-state index >= 15 is 19.2 Å². The third-order valence-corrected chi connectivity index (χ3v) is 31.4. The molecule has 0 saturated carbocycles. The van der Waals surface area contributed by atoms with Crippen LogP contribution in [0.25, 0.3) is 65.1 Å². The molecule has 8 heterocycles. The molecular formula is C112H152N4O16S4. The van der Waals surface area contributed by atoms with Crippen LogP contribution >= 0.6 is 45.3 Å². The van der Waals surface area contributed by atoms with E-state index in [-0.39, 0.29) is 97.2 Å². The van der Waals surface area contributed by atoms with Gasteiger partial charge in [-0.25, -0.2) is 0 Å². The van der Waals surface area contributed by atoms with Crippen molar-refractivity contribution in [1.82, 2.24) is 19.6 Å². The first-order valence-electron chi connectivity index (χ1n) is 51.2. The Bertz CT molecular complexity index is 5410. The number of hydrogen-bond donors (Lipinski definition) is 0. The second kappa shape index (κ2) is 55.6. The van der Waals surface area contributed by atoms with Crippen molar-refractivity contribution in [3.63, 3.8) is 0 Å². The number of benzene rings is 4. The molecule has 4 aliphatic rings. The number of methoxy groups -OCH3 is 2. The van der Waals surface area contributed by atoms with Crippen LogP contribution in [0.15, 0.2) is 72.8 Å². The highest BCUT2D eigenvalue weighted by atomic mass is 32.1. The molecule has 0 saturated heterocycles. The van der Waals surface area contributed by atoms with E-state index in [1.165, 1.54) is 174 Å². The quantitative estimate of drug-likeness (QED) is 0.0196. The summed E-state index contributed by atoms with van der Waals surface area (Å²) in [6.45, 7) is 29.9. The van der Waals surface area contributed by atoms with Gasteiger partial charge in [0.2, 0.25) is 0 Å². The van der Waals surface area contributed by atoms with Crippen LogP contribution in [-0.4, -0.2) is 187 Å². The van der Waals surface area contributed by atoms with Crippen LogP contribution in [0.4, 0.5) is 0 Å². The molecule has 8 amide bonds. The summed E-state index contributed by atoms with van der Waals surface area (Å²) >= 11 is 6.40. The Labute approximate surface area is 825 Å². The number of ether oxygens (including phenoxy) is 8. The van der Waals surface area contributed by atoms with Crippen molar-refractivity contribution in [2.45, 2.75) is 289 Å². The van der Waals surface area contributed by atoms with Gasteiger partial charge in [0.1, 0.15) is 11.5 Å². The largest absolute Gasteiger partial charge is 0.492 e. The summed E-state index contributed by atoms with van der Waals surface area (Å²) in [6.07, 6.45) is 38.1. The standard InChI is InChI=1S/C69H102N2O5S2.C43H50N2O11S2/c1-9-14-18-22-26-28-32-36-40-53(38-34-30-24-20-16-11-3)48-70-67(73)57-47-55(59-45-44-58(78-59)52(8)65(76-13-5)60-43-42-51(7)77-60)64-63-56(46-50(6)61(62(57)63)68(70)74)66(72)71(69(64)75)49-54(39-35-31-25-21-17-12-4)41-37-33-29-27-23-19-15-10-2;1-7-56-39(34-9-8-27(3)57-34)28(4)32-10-11-33(58-32)29-25-31-36-35(42(48)44(41(31)47)12-14-52-20-22-54-18-16-50-5)26(2)24-30-37(36)38(29)43(49)45(40(30)46)13-15-53-21-23-55-19-17-51-6/h42-47,53-54H,9-41,48-49H2,1-8H3;8-11,24-25H,7,12-23H2,1-6H3/b65-52-;39-28-. The van der Waals surface area contributed by atoms with Gasteiger partial charge in [-0.15, -0.1) is 45.3 Å². The Morgan fingerprint density at radius 3 is 0.897 bits per heavy atom. The molecule has 2 unspecified atom stereocenters. The molecule has 0 spiro atoms. The van der Waals surface area contributed by atoms with Crippen LogP contribution in [0.3, 0.4) is 0 Å². The van der Waals surface area contributed by atoms with Crippen molar-refractivity contribution in [3.05, 3.63) is 158 Å². The van der Waals surface area contributed by atoms with Crippen LogP contribution in [-0.2, 0) is 37.9 Å². The highest BCUT2D eigenvalue weighted by Gasteiger charge is 2.46. The van der Waals surface area contributed by atoms with Crippen LogP contribution in [0.5, 0.6) is 0 Å².